The smallest absolute Gasteiger partial charge is 0.250 e. The van der Waals surface area contributed by atoms with Crippen molar-refractivity contribution >= 4 is 67.3 Å². The zero-order valence-electron chi connectivity index (χ0n) is 11.3. The Balaban J connectivity index is 1.58. The molecular weight excluding hydrogens is 334 g/mol. The fraction of sp³-hybridized carbons (Fsp3) is 0. The van der Waals surface area contributed by atoms with Crippen molar-refractivity contribution in [3.8, 4) is 0 Å². The predicted octanol–water partition coefficient (Wildman–Crippen LogP) is 3.88. The van der Waals surface area contributed by atoms with Crippen LogP contribution in [-0.4, -0.2) is 16.0 Å². The standard InChI is InChI=1S/C15H11N3OS3/c19-13(8-7-10-4-3-9-21-10)17-14(20)18-15-16-11-5-1-2-6-12(11)22-15/h1-9H,(H2,16,17,18,19,20)/b8-7+. The maximum atomic E-state index is 11.8. The first-order chi connectivity index (χ1) is 10.7. The summed E-state index contributed by atoms with van der Waals surface area (Å²) < 4.78 is 1.07. The van der Waals surface area contributed by atoms with Crippen LogP contribution in [0.5, 0.6) is 0 Å². The molecule has 0 bridgehead atoms. The second kappa shape index (κ2) is 6.78. The van der Waals surface area contributed by atoms with Gasteiger partial charge in [-0.1, -0.05) is 29.5 Å². The molecule has 0 unspecified atom stereocenters. The largest absolute Gasteiger partial charge is 0.308 e. The molecule has 7 heteroatoms. The highest BCUT2D eigenvalue weighted by molar-refractivity contribution is 7.80. The Labute approximate surface area is 140 Å². The number of carbonyl (C=O) groups excluding carboxylic acids is 1. The maximum absolute atomic E-state index is 11.8. The van der Waals surface area contributed by atoms with Crippen LogP contribution in [0.25, 0.3) is 16.3 Å². The number of thiophene rings is 1. The van der Waals surface area contributed by atoms with Gasteiger partial charge in [0, 0.05) is 11.0 Å². The number of thiazole rings is 1. The molecule has 0 atom stereocenters. The van der Waals surface area contributed by atoms with Crippen molar-refractivity contribution in [2.45, 2.75) is 0 Å². The molecule has 110 valence electrons. The zero-order valence-corrected chi connectivity index (χ0v) is 13.7. The molecule has 22 heavy (non-hydrogen) atoms. The molecule has 2 heterocycles. The summed E-state index contributed by atoms with van der Waals surface area (Å²) in [6.45, 7) is 0. The summed E-state index contributed by atoms with van der Waals surface area (Å²) in [6.07, 6.45) is 3.21. The van der Waals surface area contributed by atoms with Gasteiger partial charge >= 0.3 is 0 Å². The van der Waals surface area contributed by atoms with E-state index in [1.165, 1.54) is 17.4 Å². The minimum atomic E-state index is -0.271. The Bertz CT molecular complexity index is 804. The SMILES string of the molecule is O=C(/C=C/c1cccs1)NC(=S)Nc1nc2ccccc2s1. The molecule has 2 N–H and O–H groups in total. The number of aromatic nitrogens is 1. The molecule has 0 saturated heterocycles. The van der Waals surface area contributed by atoms with Gasteiger partial charge in [-0.15, -0.1) is 11.3 Å². The fourth-order valence-corrected chi connectivity index (χ4v) is 3.50. The van der Waals surface area contributed by atoms with Gasteiger partial charge < -0.3 is 5.32 Å². The van der Waals surface area contributed by atoms with Gasteiger partial charge in [0.15, 0.2) is 10.2 Å². The molecule has 4 nitrogen and oxygen atoms in total. The van der Waals surface area contributed by atoms with Crippen LogP contribution >= 0.6 is 34.9 Å². The van der Waals surface area contributed by atoms with Crippen molar-refractivity contribution in [2.24, 2.45) is 0 Å². The highest BCUT2D eigenvalue weighted by Crippen LogP contribution is 2.25. The Morgan fingerprint density at radius 1 is 1.23 bits per heavy atom. The molecule has 0 aliphatic carbocycles. The minimum Gasteiger partial charge on any atom is -0.308 e. The number of hydrogen-bond donors (Lipinski definition) is 2. The van der Waals surface area contributed by atoms with Crippen molar-refractivity contribution in [1.29, 1.82) is 0 Å². The molecule has 1 aromatic carbocycles. The topological polar surface area (TPSA) is 54.0 Å². The summed E-state index contributed by atoms with van der Waals surface area (Å²) in [4.78, 5) is 17.2. The number of fused-ring (bicyclic) bond motifs is 1. The molecule has 0 spiro atoms. The number of nitrogens with one attached hydrogen (secondary N) is 2. The fourth-order valence-electron chi connectivity index (χ4n) is 1.75. The van der Waals surface area contributed by atoms with Gasteiger partial charge in [0.05, 0.1) is 10.2 Å². The Hall–Kier alpha value is -2.09. The first-order valence-corrected chi connectivity index (χ1v) is 8.50. The van der Waals surface area contributed by atoms with Crippen LogP contribution in [0.4, 0.5) is 5.13 Å². The average Bonchev–Trinajstić information content (AvgIpc) is 3.13. The van der Waals surface area contributed by atoms with Crippen molar-refractivity contribution in [2.75, 3.05) is 5.32 Å². The zero-order chi connectivity index (χ0) is 15.4. The van der Waals surface area contributed by atoms with Gasteiger partial charge in [0.2, 0.25) is 5.91 Å². The van der Waals surface area contributed by atoms with Gasteiger partial charge in [-0.3, -0.25) is 10.1 Å². The van der Waals surface area contributed by atoms with Crippen molar-refractivity contribution in [3.63, 3.8) is 0 Å². The Morgan fingerprint density at radius 3 is 2.86 bits per heavy atom. The Morgan fingerprint density at radius 2 is 2.09 bits per heavy atom. The van der Waals surface area contributed by atoms with Gasteiger partial charge in [-0.05, 0) is 41.9 Å². The van der Waals surface area contributed by atoms with Gasteiger partial charge in [-0.25, -0.2) is 4.98 Å². The lowest BCUT2D eigenvalue weighted by Crippen LogP contribution is -2.32. The summed E-state index contributed by atoms with van der Waals surface area (Å²) in [6, 6.07) is 11.7. The summed E-state index contributed by atoms with van der Waals surface area (Å²) >= 11 is 8.18. The molecule has 0 fully saturated rings. The number of anilines is 1. The second-order valence-corrected chi connectivity index (χ2v) is 6.70. The molecule has 0 aliphatic rings. The van der Waals surface area contributed by atoms with Crippen LogP contribution in [0, 0.1) is 0 Å². The maximum Gasteiger partial charge on any atom is 0.250 e. The third kappa shape index (κ3) is 3.76. The number of amides is 1. The van der Waals surface area contributed by atoms with E-state index in [0.29, 0.717) is 5.13 Å². The normalized spacial score (nSPS) is 10.9. The van der Waals surface area contributed by atoms with Crippen molar-refractivity contribution < 1.29 is 4.79 Å². The van der Waals surface area contributed by atoms with Crippen LogP contribution in [0.15, 0.2) is 47.9 Å². The van der Waals surface area contributed by atoms with E-state index in [2.05, 4.69) is 15.6 Å². The summed E-state index contributed by atoms with van der Waals surface area (Å²) in [5.41, 5.74) is 0.904. The predicted molar refractivity (Wildman–Crippen MR) is 97.3 cm³/mol. The van der Waals surface area contributed by atoms with E-state index in [-0.39, 0.29) is 11.0 Å². The molecule has 3 aromatic rings. The first kappa shape index (κ1) is 14.8. The van der Waals surface area contributed by atoms with Crippen LogP contribution in [0.1, 0.15) is 4.88 Å². The van der Waals surface area contributed by atoms with E-state index in [4.69, 9.17) is 12.2 Å². The van der Waals surface area contributed by atoms with Crippen LogP contribution in [0.3, 0.4) is 0 Å². The number of benzene rings is 1. The lowest BCUT2D eigenvalue weighted by atomic mass is 10.3. The molecule has 0 saturated carbocycles. The number of nitrogens with zero attached hydrogens (tertiary/aromatic N) is 1. The van der Waals surface area contributed by atoms with Crippen molar-refractivity contribution in [1.82, 2.24) is 10.3 Å². The summed E-state index contributed by atoms with van der Waals surface area (Å²) in [5.74, 6) is -0.271. The number of carbonyl (C=O) groups is 1. The highest BCUT2D eigenvalue weighted by Gasteiger charge is 2.06. The number of hydrogen-bond acceptors (Lipinski definition) is 5. The molecular formula is C15H11N3OS3. The molecule has 2 aromatic heterocycles. The van der Waals surface area contributed by atoms with Gasteiger partial charge in [-0.2, -0.15) is 0 Å². The third-order valence-corrected chi connectivity index (χ3v) is 4.69. The Kier molecular flexibility index (Phi) is 4.57. The van der Waals surface area contributed by atoms with E-state index in [0.717, 1.165) is 15.1 Å². The van der Waals surface area contributed by atoms with Crippen LogP contribution in [0.2, 0.25) is 0 Å². The summed E-state index contributed by atoms with van der Waals surface area (Å²) in [7, 11) is 0. The molecule has 1 amide bonds. The van der Waals surface area contributed by atoms with E-state index >= 15 is 0 Å². The third-order valence-electron chi connectivity index (χ3n) is 2.69. The minimum absolute atomic E-state index is 0.236. The first-order valence-electron chi connectivity index (χ1n) is 6.40. The van der Waals surface area contributed by atoms with E-state index in [9.17, 15) is 4.79 Å². The lowest BCUT2D eigenvalue weighted by Gasteiger charge is -2.04. The van der Waals surface area contributed by atoms with Crippen molar-refractivity contribution in [3.05, 3.63) is 52.7 Å². The van der Waals surface area contributed by atoms with Crippen LogP contribution in [-0.2, 0) is 4.79 Å². The molecule has 0 aliphatic heterocycles. The van der Waals surface area contributed by atoms with E-state index < -0.39 is 0 Å². The quantitative estimate of drug-likeness (QED) is 0.559. The monoisotopic (exact) mass is 345 g/mol. The number of thiocarbonyl (C=S) groups is 1. The molecule has 0 radical (unpaired) electrons. The highest BCUT2D eigenvalue weighted by atomic mass is 32.1. The summed E-state index contributed by atoms with van der Waals surface area (Å²) in [5, 5.41) is 8.38. The number of rotatable bonds is 3. The second-order valence-electron chi connectivity index (χ2n) is 4.28. The number of para-hydroxylation sites is 1. The lowest BCUT2D eigenvalue weighted by molar-refractivity contribution is -0.115. The van der Waals surface area contributed by atoms with Gasteiger partial charge in [0.25, 0.3) is 0 Å². The van der Waals surface area contributed by atoms with E-state index in [1.807, 2.05) is 41.8 Å². The van der Waals surface area contributed by atoms with Crippen LogP contribution < -0.4 is 10.6 Å². The average molecular weight is 345 g/mol. The van der Waals surface area contributed by atoms with E-state index in [1.54, 1.807) is 17.4 Å². The van der Waals surface area contributed by atoms with Gasteiger partial charge in [0.1, 0.15) is 0 Å². The molecule has 3 rings (SSSR count).